The van der Waals surface area contributed by atoms with E-state index in [2.05, 4.69) is 5.32 Å². The summed E-state index contributed by atoms with van der Waals surface area (Å²) in [5.74, 6) is -2.76. The van der Waals surface area contributed by atoms with Crippen molar-refractivity contribution in [3.8, 4) is 0 Å². The molecule has 2 rings (SSSR count). The van der Waals surface area contributed by atoms with Crippen LogP contribution >= 0.6 is 11.6 Å². The Morgan fingerprint density at radius 1 is 1.20 bits per heavy atom. The lowest BCUT2D eigenvalue weighted by Crippen LogP contribution is -2.46. The highest BCUT2D eigenvalue weighted by atomic mass is 35.5. The van der Waals surface area contributed by atoms with Gasteiger partial charge in [0.15, 0.2) is 0 Å². The van der Waals surface area contributed by atoms with Crippen molar-refractivity contribution in [1.82, 2.24) is 4.90 Å². The van der Waals surface area contributed by atoms with Crippen molar-refractivity contribution in [3.63, 3.8) is 0 Å². The van der Waals surface area contributed by atoms with Crippen LogP contribution in [0.25, 0.3) is 0 Å². The maximum atomic E-state index is 12.8. The maximum absolute atomic E-state index is 12.8. The molecule has 1 aliphatic heterocycles. The van der Waals surface area contributed by atoms with Crippen LogP contribution in [0, 0.1) is 5.92 Å². The van der Waals surface area contributed by atoms with Gasteiger partial charge in [-0.2, -0.15) is 13.2 Å². The van der Waals surface area contributed by atoms with Crippen LogP contribution in [0.1, 0.15) is 18.4 Å². The molecule has 1 aromatic carbocycles. The lowest BCUT2D eigenvalue weighted by Gasteiger charge is -2.30. The fourth-order valence-corrected chi connectivity index (χ4v) is 2.74. The molecule has 1 heterocycles. The van der Waals surface area contributed by atoms with Gasteiger partial charge in [0.2, 0.25) is 5.91 Å². The fraction of sp³-hybridized carbons (Fsp3) is 0.400. The number of hydrogen-bond acceptors (Lipinski definition) is 3. The van der Waals surface area contributed by atoms with Crippen molar-refractivity contribution in [2.24, 2.45) is 11.7 Å². The SMILES string of the molecule is NC(=O)C1CCN(C(=O)C(=O)Nc2ccc(Cl)c(C(F)(F)F)c2)CC1. The number of halogens is 4. The molecule has 0 unspecified atom stereocenters. The summed E-state index contributed by atoms with van der Waals surface area (Å²) in [7, 11) is 0. The minimum atomic E-state index is -4.68. The van der Waals surface area contributed by atoms with Crippen molar-refractivity contribution >= 4 is 35.0 Å². The Morgan fingerprint density at radius 3 is 2.32 bits per heavy atom. The number of nitrogens with one attached hydrogen (secondary N) is 1. The molecular weight excluding hydrogens is 363 g/mol. The first-order chi connectivity index (χ1) is 11.6. The number of primary amides is 1. The van der Waals surface area contributed by atoms with Crippen molar-refractivity contribution in [2.45, 2.75) is 19.0 Å². The highest BCUT2D eigenvalue weighted by Crippen LogP contribution is 2.36. The van der Waals surface area contributed by atoms with Crippen LogP contribution < -0.4 is 11.1 Å². The number of nitrogens with zero attached hydrogens (tertiary/aromatic N) is 1. The second-order valence-electron chi connectivity index (χ2n) is 5.62. The third-order valence-corrected chi connectivity index (χ3v) is 4.24. The Labute approximate surface area is 146 Å². The van der Waals surface area contributed by atoms with Gasteiger partial charge in [-0.3, -0.25) is 14.4 Å². The Hall–Kier alpha value is -2.29. The molecule has 25 heavy (non-hydrogen) atoms. The highest BCUT2D eigenvalue weighted by Gasteiger charge is 2.34. The molecule has 1 aromatic rings. The van der Waals surface area contributed by atoms with E-state index in [-0.39, 0.29) is 24.7 Å². The molecule has 1 fully saturated rings. The van der Waals surface area contributed by atoms with E-state index in [1.165, 1.54) is 11.0 Å². The summed E-state index contributed by atoms with van der Waals surface area (Å²) in [5.41, 5.74) is 3.89. The summed E-state index contributed by atoms with van der Waals surface area (Å²) in [6.07, 6.45) is -4.00. The molecule has 3 amide bonds. The number of carbonyl (C=O) groups is 3. The standard InChI is InChI=1S/C15H15ClF3N3O3/c16-11-2-1-9(7-10(11)15(17,18)19)21-13(24)14(25)22-5-3-8(4-6-22)12(20)23/h1-2,7-8H,3-6H2,(H2,20,23)(H,21,24). The van der Waals surface area contributed by atoms with Gasteiger partial charge in [0, 0.05) is 24.7 Å². The molecular formula is C15H15ClF3N3O3. The summed E-state index contributed by atoms with van der Waals surface area (Å²) < 4.78 is 38.4. The highest BCUT2D eigenvalue weighted by molar-refractivity contribution is 6.39. The maximum Gasteiger partial charge on any atom is 0.417 e. The van der Waals surface area contributed by atoms with Crippen LogP contribution in [-0.4, -0.2) is 35.7 Å². The predicted octanol–water partition coefficient (Wildman–Crippen LogP) is 2.02. The normalized spacial score (nSPS) is 15.8. The zero-order valence-corrected chi connectivity index (χ0v) is 13.7. The lowest BCUT2D eigenvalue weighted by molar-refractivity contribution is -0.144. The summed E-state index contributed by atoms with van der Waals surface area (Å²) in [4.78, 5) is 36.4. The average Bonchev–Trinajstić information content (AvgIpc) is 2.55. The number of benzene rings is 1. The summed E-state index contributed by atoms with van der Waals surface area (Å²) in [6.45, 7) is 0.350. The van der Waals surface area contributed by atoms with Crippen molar-refractivity contribution in [3.05, 3.63) is 28.8 Å². The van der Waals surface area contributed by atoms with Crippen molar-refractivity contribution in [1.29, 1.82) is 0 Å². The van der Waals surface area contributed by atoms with E-state index >= 15 is 0 Å². The minimum absolute atomic E-state index is 0.175. The van der Waals surface area contributed by atoms with E-state index in [9.17, 15) is 27.6 Å². The molecule has 6 nitrogen and oxygen atoms in total. The van der Waals surface area contributed by atoms with E-state index in [1.54, 1.807) is 0 Å². The molecule has 0 saturated carbocycles. The van der Waals surface area contributed by atoms with Crippen LogP contribution in [0.5, 0.6) is 0 Å². The number of amides is 3. The van der Waals surface area contributed by atoms with Gasteiger partial charge in [0.1, 0.15) is 0 Å². The third kappa shape index (κ3) is 4.62. The Bertz CT molecular complexity index is 701. The van der Waals surface area contributed by atoms with Crippen LogP contribution in [0.4, 0.5) is 18.9 Å². The van der Waals surface area contributed by atoms with E-state index in [1.807, 2.05) is 0 Å². The van der Waals surface area contributed by atoms with Gasteiger partial charge in [0.05, 0.1) is 10.6 Å². The Morgan fingerprint density at radius 2 is 1.80 bits per heavy atom. The van der Waals surface area contributed by atoms with Crippen LogP contribution in [0.3, 0.4) is 0 Å². The largest absolute Gasteiger partial charge is 0.417 e. The Balaban J connectivity index is 2.03. The molecule has 0 atom stereocenters. The molecule has 0 spiro atoms. The third-order valence-electron chi connectivity index (χ3n) is 3.91. The summed E-state index contributed by atoms with van der Waals surface area (Å²) in [6, 6.07) is 2.82. The van der Waals surface area contributed by atoms with E-state index in [0.29, 0.717) is 18.9 Å². The van der Waals surface area contributed by atoms with Crippen LogP contribution in [0.15, 0.2) is 18.2 Å². The molecule has 0 aromatic heterocycles. The number of alkyl halides is 3. The number of rotatable bonds is 2. The van der Waals surface area contributed by atoms with Crippen LogP contribution in [0.2, 0.25) is 5.02 Å². The zero-order valence-electron chi connectivity index (χ0n) is 12.9. The van der Waals surface area contributed by atoms with Gasteiger partial charge in [-0.05, 0) is 31.0 Å². The molecule has 1 saturated heterocycles. The van der Waals surface area contributed by atoms with Gasteiger partial charge >= 0.3 is 18.0 Å². The number of likely N-dealkylation sites (tertiary alicyclic amines) is 1. The number of piperidine rings is 1. The zero-order chi connectivity index (χ0) is 18.8. The van der Waals surface area contributed by atoms with Gasteiger partial charge in [-0.1, -0.05) is 11.6 Å². The molecule has 1 aliphatic rings. The van der Waals surface area contributed by atoms with Crippen molar-refractivity contribution in [2.75, 3.05) is 18.4 Å². The molecule has 0 aliphatic carbocycles. The number of carbonyl (C=O) groups excluding carboxylic acids is 3. The first kappa shape index (κ1) is 19.0. The quantitative estimate of drug-likeness (QED) is 0.772. The average molecular weight is 378 g/mol. The van der Waals surface area contributed by atoms with E-state index in [4.69, 9.17) is 17.3 Å². The molecule has 0 bridgehead atoms. The Kier molecular flexibility index (Phi) is 5.56. The van der Waals surface area contributed by atoms with Crippen LogP contribution in [-0.2, 0) is 20.6 Å². The number of nitrogens with two attached hydrogens (primary N) is 1. The summed E-state index contributed by atoms with van der Waals surface area (Å²) in [5, 5.41) is 1.62. The lowest BCUT2D eigenvalue weighted by atomic mass is 9.96. The van der Waals surface area contributed by atoms with Gasteiger partial charge in [0.25, 0.3) is 0 Å². The van der Waals surface area contributed by atoms with E-state index < -0.39 is 34.5 Å². The molecule has 0 radical (unpaired) electrons. The molecule has 136 valence electrons. The molecule has 10 heteroatoms. The summed E-state index contributed by atoms with van der Waals surface area (Å²) >= 11 is 5.50. The predicted molar refractivity (Wildman–Crippen MR) is 83.6 cm³/mol. The van der Waals surface area contributed by atoms with E-state index in [0.717, 1.165) is 6.07 Å². The van der Waals surface area contributed by atoms with Crippen molar-refractivity contribution < 1.29 is 27.6 Å². The second kappa shape index (κ2) is 7.30. The topological polar surface area (TPSA) is 92.5 Å². The smallest absolute Gasteiger partial charge is 0.369 e. The monoisotopic (exact) mass is 377 g/mol. The second-order valence-corrected chi connectivity index (χ2v) is 6.02. The van der Waals surface area contributed by atoms with Gasteiger partial charge < -0.3 is 16.0 Å². The van der Waals surface area contributed by atoms with Gasteiger partial charge in [-0.15, -0.1) is 0 Å². The fourth-order valence-electron chi connectivity index (χ4n) is 2.52. The minimum Gasteiger partial charge on any atom is -0.369 e. The molecule has 3 N–H and O–H groups in total. The first-order valence-corrected chi connectivity index (χ1v) is 7.73. The first-order valence-electron chi connectivity index (χ1n) is 7.36. The number of anilines is 1. The number of hydrogen-bond donors (Lipinski definition) is 2. The van der Waals surface area contributed by atoms with Gasteiger partial charge in [-0.25, -0.2) is 0 Å².